The van der Waals surface area contributed by atoms with Crippen molar-refractivity contribution >= 4 is 38.9 Å². The number of carbonyl (C=O) groups is 1. The Morgan fingerprint density at radius 1 is 1.43 bits per heavy atom. The summed E-state index contributed by atoms with van der Waals surface area (Å²) >= 11 is 7.89. The van der Waals surface area contributed by atoms with Gasteiger partial charge in [-0.1, -0.05) is 44.5 Å². The molecular formula is C18H22ClNO2S. The number of halogens is 1. The van der Waals surface area contributed by atoms with Gasteiger partial charge in [0.1, 0.15) is 4.88 Å². The number of rotatable bonds is 3. The van der Waals surface area contributed by atoms with Crippen LogP contribution in [0.25, 0.3) is 10.1 Å². The lowest BCUT2D eigenvalue weighted by molar-refractivity contribution is 0.0861. The summed E-state index contributed by atoms with van der Waals surface area (Å²) < 4.78 is 6.60. The SMILES string of the molecule is CC(C)(C)c1ccc2c(Cl)c(C(=O)NC[C@H]3CCCO3)sc2c1. The average molecular weight is 352 g/mol. The third-order valence-corrected chi connectivity index (χ3v) is 5.87. The van der Waals surface area contributed by atoms with Crippen LogP contribution >= 0.6 is 22.9 Å². The van der Waals surface area contributed by atoms with Crippen LogP contribution in [0, 0.1) is 0 Å². The monoisotopic (exact) mass is 351 g/mol. The number of benzene rings is 1. The molecule has 0 spiro atoms. The number of ether oxygens (including phenoxy) is 1. The molecule has 5 heteroatoms. The second kappa shape index (κ2) is 6.42. The van der Waals surface area contributed by atoms with Crippen molar-refractivity contribution in [1.29, 1.82) is 0 Å². The molecule has 23 heavy (non-hydrogen) atoms. The molecule has 0 saturated carbocycles. The van der Waals surface area contributed by atoms with E-state index >= 15 is 0 Å². The van der Waals surface area contributed by atoms with E-state index < -0.39 is 0 Å². The van der Waals surface area contributed by atoms with E-state index in [9.17, 15) is 4.79 Å². The van der Waals surface area contributed by atoms with E-state index in [1.54, 1.807) is 0 Å². The Morgan fingerprint density at radius 3 is 2.87 bits per heavy atom. The molecule has 1 amide bonds. The molecule has 3 rings (SSSR count). The molecule has 1 aromatic heterocycles. The molecular weight excluding hydrogens is 330 g/mol. The fourth-order valence-corrected chi connectivity index (χ4v) is 4.24. The van der Waals surface area contributed by atoms with Crippen LogP contribution in [0.2, 0.25) is 5.02 Å². The summed E-state index contributed by atoms with van der Waals surface area (Å²) in [6.07, 6.45) is 2.22. The van der Waals surface area contributed by atoms with Crippen LogP contribution in [0.5, 0.6) is 0 Å². The number of thiophene rings is 1. The predicted molar refractivity (Wildman–Crippen MR) is 96.8 cm³/mol. The van der Waals surface area contributed by atoms with E-state index in [0.717, 1.165) is 29.5 Å². The molecule has 0 bridgehead atoms. The second-order valence-electron chi connectivity index (χ2n) is 7.05. The van der Waals surface area contributed by atoms with E-state index in [-0.39, 0.29) is 17.4 Å². The lowest BCUT2D eigenvalue weighted by Gasteiger charge is -2.18. The van der Waals surface area contributed by atoms with Crippen LogP contribution in [0.3, 0.4) is 0 Å². The molecule has 0 radical (unpaired) electrons. The molecule has 1 saturated heterocycles. The molecule has 1 aliphatic rings. The van der Waals surface area contributed by atoms with E-state index in [1.807, 2.05) is 6.07 Å². The number of hydrogen-bond donors (Lipinski definition) is 1. The van der Waals surface area contributed by atoms with Crippen LogP contribution in [0.1, 0.15) is 48.8 Å². The Balaban J connectivity index is 1.82. The zero-order chi connectivity index (χ0) is 16.6. The van der Waals surface area contributed by atoms with Crippen molar-refractivity contribution in [3.05, 3.63) is 33.7 Å². The molecule has 2 aromatic rings. The van der Waals surface area contributed by atoms with Gasteiger partial charge >= 0.3 is 0 Å². The first-order valence-electron chi connectivity index (χ1n) is 7.98. The van der Waals surface area contributed by atoms with Gasteiger partial charge in [-0.25, -0.2) is 0 Å². The fourth-order valence-electron chi connectivity index (χ4n) is 2.77. The van der Waals surface area contributed by atoms with Crippen molar-refractivity contribution in [1.82, 2.24) is 5.32 Å². The number of nitrogens with one attached hydrogen (secondary N) is 1. The minimum atomic E-state index is -0.107. The maximum atomic E-state index is 12.4. The lowest BCUT2D eigenvalue weighted by Crippen LogP contribution is -2.31. The van der Waals surface area contributed by atoms with Crippen molar-refractivity contribution < 1.29 is 9.53 Å². The van der Waals surface area contributed by atoms with Gasteiger partial charge in [0, 0.05) is 23.2 Å². The van der Waals surface area contributed by atoms with E-state index in [0.29, 0.717) is 16.4 Å². The zero-order valence-corrected chi connectivity index (χ0v) is 15.3. The standard InChI is InChI=1S/C18H22ClNO2S/c1-18(2,3)11-6-7-13-14(9-11)23-16(15(13)19)17(21)20-10-12-5-4-8-22-12/h6-7,9,12H,4-5,8,10H2,1-3H3,(H,20,21)/t12-/m1/s1. The number of hydrogen-bond acceptors (Lipinski definition) is 3. The van der Waals surface area contributed by atoms with Crippen LogP contribution in [0.4, 0.5) is 0 Å². The molecule has 0 aliphatic carbocycles. The van der Waals surface area contributed by atoms with E-state index in [2.05, 4.69) is 38.2 Å². The van der Waals surface area contributed by atoms with Crippen molar-refractivity contribution in [2.45, 2.75) is 45.1 Å². The minimum Gasteiger partial charge on any atom is -0.376 e. The predicted octanol–water partition coefficient (Wildman–Crippen LogP) is 4.76. The van der Waals surface area contributed by atoms with Gasteiger partial charge in [0.25, 0.3) is 5.91 Å². The summed E-state index contributed by atoms with van der Waals surface area (Å²) in [4.78, 5) is 13.0. The first-order chi connectivity index (χ1) is 10.9. The highest BCUT2D eigenvalue weighted by Crippen LogP contribution is 2.37. The third kappa shape index (κ3) is 3.54. The van der Waals surface area contributed by atoms with Crippen molar-refractivity contribution in [2.24, 2.45) is 0 Å². The lowest BCUT2D eigenvalue weighted by atomic mass is 9.87. The van der Waals surface area contributed by atoms with Crippen LogP contribution < -0.4 is 5.32 Å². The minimum absolute atomic E-state index is 0.0763. The highest BCUT2D eigenvalue weighted by molar-refractivity contribution is 7.21. The summed E-state index contributed by atoms with van der Waals surface area (Å²) in [7, 11) is 0. The molecule has 0 unspecified atom stereocenters. The van der Waals surface area contributed by atoms with Crippen molar-refractivity contribution in [3.63, 3.8) is 0 Å². The van der Waals surface area contributed by atoms with E-state index in [1.165, 1.54) is 16.9 Å². The molecule has 1 N–H and O–H groups in total. The highest BCUT2D eigenvalue weighted by Gasteiger charge is 2.21. The number of fused-ring (bicyclic) bond motifs is 1. The molecule has 1 fully saturated rings. The highest BCUT2D eigenvalue weighted by atomic mass is 35.5. The van der Waals surface area contributed by atoms with E-state index in [4.69, 9.17) is 16.3 Å². The second-order valence-corrected chi connectivity index (χ2v) is 8.48. The Bertz CT molecular complexity index is 726. The normalized spacial score (nSPS) is 18.5. The first kappa shape index (κ1) is 16.7. The quantitative estimate of drug-likeness (QED) is 0.865. The molecule has 2 heterocycles. The van der Waals surface area contributed by atoms with Gasteiger partial charge in [0.15, 0.2) is 0 Å². The van der Waals surface area contributed by atoms with Crippen LogP contribution in [-0.4, -0.2) is 25.2 Å². The van der Waals surface area contributed by atoms with Gasteiger partial charge in [-0.15, -0.1) is 11.3 Å². The summed E-state index contributed by atoms with van der Waals surface area (Å²) in [5.41, 5.74) is 1.32. The van der Waals surface area contributed by atoms with Gasteiger partial charge < -0.3 is 10.1 Å². The van der Waals surface area contributed by atoms with Gasteiger partial charge in [-0.2, -0.15) is 0 Å². The van der Waals surface area contributed by atoms with Crippen molar-refractivity contribution in [2.75, 3.05) is 13.2 Å². The maximum Gasteiger partial charge on any atom is 0.263 e. The topological polar surface area (TPSA) is 38.3 Å². The summed E-state index contributed by atoms with van der Waals surface area (Å²) in [5.74, 6) is -0.107. The number of amides is 1. The fraction of sp³-hybridized carbons (Fsp3) is 0.500. The molecule has 1 atom stereocenters. The molecule has 124 valence electrons. The summed E-state index contributed by atoms with van der Waals surface area (Å²) in [6.45, 7) is 7.88. The summed E-state index contributed by atoms with van der Waals surface area (Å²) in [5, 5.41) is 4.45. The average Bonchev–Trinajstić information content (AvgIpc) is 3.12. The Hall–Kier alpha value is -1.10. The maximum absolute atomic E-state index is 12.4. The van der Waals surface area contributed by atoms with Crippen LogP contribution in [-0.2, 0) is 10.2 Å². The zero-order valence-electron chi connectivity index (χ0n) is 13.7. The largest absolute Gasteiger partial charge is 0.376 e. The Labute approximate surface area is 146 Å². The third-order valence-electron chi connectivity index (χ3n) is 4.22. The van der Waals surface area contributed by atoms with Crippen LogP contribution in [0.15, 0.2) is 18.2 Å². The van der Waals surface area contributed by atoms with Gasteiger partial charge in [-0.05, 0) is 29.9 Å². The van der Waals surface area contributed by atoms with Gasteiger partial charge in [0.05, 0.1) is 11.1 Å². The number of carbonyl (C=O) groups excluding carboxylic acids is 1. The first-order valence-corrected chi connectivity index (χ1v) is 9.18. The molecule has 3 nitrogen and oxygen atoms in total. The molecule has 1 aromatic carbocycles. The molecule has 1 aliphatic heterocycles. The Morgan fingerprint density at radius 2 is 2.22 bits per heavy atom. The van der Waals surface area contributed by atoms with Crippen molar-refractivity contribution in [3.8, 4) is 0 Å². The Kier molecular flexibility index (Phi) is 4.68. The van der Waals surface area contributed by atoms with Gasteiger partial charge in [-0.3, -0.25) is 4.79 Å². The smallest absolute Gasteiger partial charge is 0.263 e. The van der Waals surface area contributed by atoms with Gasteiger partial charge in [0.2, 0.25) is 0 Å². The summed E-state index contributed by atoms with van der Waals surface area (Å²) in [6, 6.07) is 6.25.